The van der Waals surface area contributed by atoms with Crippen LogP contribution in [0.1, 0.15) is 18.1 Å². The van der Waals surface area contributed by atoms with E-state index in [0.29, 0.717) is 5.69 Å². The SMILES string of the molecule is CC(=C1[C@H]2C=C[C@H]1[C@H]1C(=O)N(c3cccc(C)c3)C(=O)[C@@H]12)c1ccccc1. The fourth-order valence-corrected chi connectivity index (χ4v) is 5.14. The molecule has 0 radical (unpaired) electrons. The molecule has 3 heteroatoms. The molecule has 0 N–H and O–H groups in total. The maximum absolute atomic E-state index is 13.3. The number of rotatable bonds is 2. The van der Waals surface area contributed by atoms with Crippen LogP contribution in [0.4, 0.5) is 5.69 Å². The number of imide groups is 1. The second-order valence-corrected chi connectivity index (χ2v) is 7.79. The van der Waals surface area contributed by atoms with Crippen molar-refractivity contribution in [2.24, 2.45) is 23.7 Å². The molecule has 3 nitrogen and oxygen atoms in total. The number of carbonyl (C=O) groups is 2. The summed E-state index contributed by atoms with van der Waals surface area (Å²) in [6.45, 7) is 4.09. The first kappa shape index (κ1) is 16.2. The van der Waals surface area contributed by atoms with E-state index in [9.17, 15) is 9.59 Å². The van der Waals surface area contributed by atoms with Crippen LogP contribution in [-0.4, -0.2) is 11.8 Å². The van der Waals surface area contributed by atoms with E-state index in [-0.39, 0.29) is 35.5 Å². The number of allylic oxidation sites excluding steroid dienone is 4. The third-order valence-corrected chi connectivity index (χ3v) is 6.32. The molecule has 2 aromatic rings. The number of nitrogens with zero attached hydrogens (tertiary/aromatic N) is 1. The summed E-state index contributed by atoms with van der Waals surface area (Å²) in [6.07, 6.45) is 4.27. The van der Waals surface area contributed by atoms with Crippen molar-refractivity contribution in [3.05, 3.63) is 83.4 Å². The lowest BCUT2D eigenvalue weighted by molar-refractivity contribution is -0.122. The number of amides is 2. The zero-order chi connectivity index (χ0) is 18.7. The molecule has 1 aliphatic heterocycles. The molecule has 5 rings (SSSR count). The van der Waals surface area contributed by atoms with Crippen LogP contribution in [0.5, 0.6) is 0 Å². The number of benzene rings is 2. The maximum Gasteiger partial charge on any atom is 0.238 e. The lowest BCUT2D eigenvalue weighted by Gasteiger charge is -2.20. The van der Waals surface area contributed by atoms with Crippen molar-refractivity contribution in [3.63, 3.8) is 0 Å². The van der Waals surface area contributed by atoms with Gasteiger partial charge in [-0.2, -0.15) is 0 Å². The highest BCUT2D eigenvalue weighted by Crippen LogP contribution is 2.58. The van der Waals surface area contributed by atoms with E-state index in [0.717, 1.165) is 5.56 Å². The Kier molecular flexibility index (Phi) is 3.48. The van der Waals surface area contributed by atoms with E-state index in [4.69, 9.17) is 0 Å². The van der Waals surface area contributed by atoms with Gasteiger partial charge in [0.15, 0.2) is 0 Å². The van der Waals surface area contributed by atoms with Gasteiger partial charge >= 0.3 is 0 Å². The molecule has 1 saturated heterocycles. The number of carbonyl (C=O) groups excluding carboxylic acids is 2. The zero-order valence-corrected chi connectivity index (χ0v) is 15.4. The van der Waals surface area contributed by atoms with Gasteiger partial charge in [0.05, 0.1) is 17.5 Å². The third-order valence-electron chi connectivity index (χ3n) is 6.32. The van der Waals surface area contributed by atoms with Gasteiger partial charge in [0.1, 0.15) is 0 Å². The van der Waals surface area contributed by atoms with Crippen molar-refractivity contribution in [3.8, 4) is 0 Å². The van der Waals surface area contributed by atoms with E-state index in [1.54, 1.807) is 0 Å². The predicted molar refractivity (Wildman–Crippen MR) is 106 cm³/mol. The summed E-state index contributed by atoms with van der Waals surface area (Å²) in [5, 5.41) is 0. The van der Waals surface area contributed by atoms with Crippen molar-refractivity contribution in [2.45, 2.75) is 13.8 Å². The minimum atomic E-state index is -0.262. The van der Waals surface area contributed by atoms with Crippen molar-refractivity contribution < 1.29 is 9.59 Å². The first-order valence-electron chi connectivity index (χ1n) is 9.47. The van der Waals surface area contributed by atoms with Gasteiger partial charge in [-0.05, 0) is 42.7 Å². The van der Waals surface area contributed by atoms with Gasteiger partial charge in [0.25, 0.3) is 0 Å². The van der Waals surface area contributed by atoms with Crippen molar-refractivity contribution >= 4 is 23.1 Å². The molecule has 2 amide bonds. The van der Waals surface area contributed by atoms with Gasteiger partial charge in [-0.15, -0.1) is 0 Å². The number of fused-ring (bicyclic) bond motifs is 5. The monoisotopic (exact) mass is 355 g/mol. The first-order valence-corrected chi connectivity index (χ1v) is 9.47. The highest BCUT2D eigenvalue weighted by Gasteiger charge is 2.62. The lowest BCUT2D eigenvalue weighted by atomic mass is 9.85. The van der Waals surface area contributed by atoms with Gasteiger partial charge in [-0.25, -0.2) is 4.90 Å². The van der Waals surface area contributed by atoms with Crippen LogP contribution in [0.2, 0.25) is 0 Å². The molecule has 2 aromatic carbocycles. The Morgan fingerprint density at radius 2 is 1.48 bits per heavy atom. The third kappa shape index (κ3) is 2.21. The van der Waals surface area contributed by atoms with Crippen LogP contribution in [0.25, 0.3) is 5.57 Å². The van der Waals surface area contributed by atoms with E-state index in [2.05, 4.69) is 31.2 Å². The fourth-order valence-electron chi connectivity index (χ4n) is 5.14. The van der Waals surface area contributed by atoms with E-state index in [1.165, 1.54) is 21.6 Å². The summed E-state index contributed by atoms with van der Waals surface area (Å²) >= 11 is 0. The molecule has 0 unspecified atom stereocenters. The summed E-state index contributed by atoms with van der Waals surface area (Å²) in [7, 11) is 0. The van der Waals surface area contributed by atoms with Gasteiger partial charge in [-0.3, -0.25) is 9.59 Å². The van der Waals surface area contributed by atoms with Gasteiger partial charge in [0, 0.05) is 11.8 Å². The quantitative estimate of drug-likeness (QED) is 0.592. The van der Waals surface area contributed by atoms with E-state index < -0.39 is 0 Å². The van der Waals surface area contributed by atoms with Crippen LogP contribution >= 0.6 is 0 Å². The normalized spacial score (nSPS) is 28.2. The Balaban J connectivity index is 1.56. The summed E-state index contributed by atoms with van der Waals surface area (Å²) in [4.78, 5) is 27.9. The molecular formula is C24H21NO2. The average molecular weight is 355 g/mol. The minimum absolute atomic E-state index is 0.0338. The largest absolute Gasteiger partial charge is 0.274 e. The number of hydrogen-bond acceptors (Lipinski definition) is 2. The zero-order valence-electron chi connectivity index (χ0n) is 15.4. The molecule has 1 heterocycles. The molecule has 2 bridgehead atoms. The average Bonchev–Trinajstić information content (AvgIpc) is 3.31. The van der Waals surface area contributed by atoms with Gasteiger partial charge in [-0.1, -0.05) is 60.2 Å². The van der Waals surface area contributed by atoms with Crippen LogP contribution < -0.4 is 4.90 Å². The Morgan fingerprint density at radius 1 is 0.852 bits per heavy atom. The van der Waals surface area contributed by atoms with Crippen LogP contribution in [0, 0.1) is 30.6 Å². The Labute approximate surface area is 159 Å². The second-order valence-electron chi connectivity index (χ2n) is 7.79. The molecule has 2 aliphatic carbocycles. The number of hydrogen-bond donors (Lipinski definition) is 0. The standard InChI is InChI=1S/C24H21NO2/c1-14-7-6-10-17(13-14)25-23(26)21-18-11-12-19(22(21)24(25)27)20(18)15(2)16-8-4-3-5-9-16/h3-13,18-19,21-22H,1-2H3/t18-,19-,21-,22-/m1/s1. The highest BCUT2D eigenvalue weighted by atomic mass is 16.2. The Bertz CT molecular complexity index is 984. The van der Waals surface area contributed by atoms with Crippen molar-refractivity contribution in [1.29, 1.82) is 0 Å². The summed E-state index contributed by atoms with van der Waals surface area (Å²) in [5.74, 6) is -0.557. The topological polar surface area (TPSA) is 37.4 Å². The predicted octanol–water partition coefficient (Wildman–Crippen LogP) is 4.39. The van der Waals surface area contributed by atoms with Gasteiger partial charge < -0.3 is 0 Å². The summed E-state index contributed by atoms with van der Waals surface area (Å²) < 4.78 is 0. The molecular weight excluding hydrogens is 334 g/mol. The first-order chi connectivity index (χ1) is 13.1. The molecule has 0 spiro atoms. The van der Waals surface area contributed by atoms with Crippen LogP contribution in [-0.2, 0) is 9.59 Å². The summed E-state index contributed by atoms with van der Waals surface area (Å²) in [6, 6.07) is 17.9. The smallest absolute Gasteiger partial charge is 0.238 e. The maximum atomic E-state index is 13.3. The summed E-state index contributed by atoms with van der Waals surface area (Å²) in [5.41, 5.74) is 5.37. The van der Waals surface area contributed by atoms with Crippen LogP contribution in [0.15, 0.2) is 72.3 Å². The van der Waals surface area contributed by atoms with Crippen molar-refractivity contribution in [2.75, 3.05) is 4.90 Å². The fraction of sp³-hybridized carbons (Fsp3) is 0.250. The molecule has 1 saturated carbocycles. The molecule has 3 aliphatic rings. The van der Waals surface area contributed by atoms with Crippen LogP contribution in [0.3, 0.4) is 0 Å². The molecule has 27 heavy (non-hydrogen) atoms. The number of anilines is 1. The molecule has 2 fully saturated rings. The van der Waals surface area contributed by atoms with E-state index in [1.807, 2.05) is 49.4 Å². The Hall–Kier alpha value is -2.94. The second kappa shape index (κ2) is 5.78. The van der Waals surface area contributed by atoms with E-state index >= 15 is 0 Å². The molecule has 0 aromatic heterocycles. The van der Waals surface area contributed by atoms with Crippen molar-refractivity contribution in [1.82, 2.24) is 0 Å². The molecule has 4 atom stereocenters. The van der Waals surface area contributed by atoms with Gasteiger partial charge in [0.2, 0.25) is 11.8 Å². The highest BCUT2D eigenvalue weighted by molar-refractivity contribution is 6.23. The Morgan fingerprint density at radius 3 is 2.07 bits per heavy atom. The lowest BCUT2D eigenvalue weighted by Crippen LogP contribution is -2.33. The molecule has 134 valence electrons. The minimum Gasteiger partial charge on any atom is -0.274 e. The number of aryl methyl sites for hydroxylation is 1.